The van der Waals surface area contributed by atoms with Gasteiger partial charge in [-0.1, -0.05) is 23.2 Å². The molecular formula is C10H10Cl2O2. The van der Waals surface area contributed by atoms with Gasteiger partial charge >= 0.3 is 0 Å². The predicted molar refractivity (Wildman–Crippen MR) is 55.9 cm³/mol. The molecule has 0 atom stereocenters. The van der Waals surface area contributed by atoms with Crippen LogP contribution in [0, 0.1) is 0 Å². The van der Waals surface area contributed by atoms with E-state index in [0.29, 0.717) is 29.7 Å². The number of hydrogen-bond donors (Lipinski definition) is 1. The third-order valence-corrected chi connectivity index (χ3v) is 2.87. The predicted octanol–water partition coefficient (Wildman–Crippen LogP) is 2.30. The monoisotopic (exact) mass is 232 g/mol. The molecule has 76 valence electrons. The molecule has 1 aromatic rings. The quantitative estimate of drug-likeness (QED) is 0.849. The summed E-state index contributed by atoms with van der Waals surface area (Å²) in [6, 6.07) is 5.25. The molecule has 1 aliphatic rings. The van der Waals surface area contributed by atoms with Crippen LogP contribution in [0.3, 0.4) is 0 Å². The fourth-order valence-electron chi connectivity index (χ4n) is 1.47. The van der Waals surface area contributed by atoms with E-state index in [9.17, 15) is 5.11 Å². The molecule has 14 heavy (non-hydrogen) atoms. The third-order valence-electron chi connectivity index (χ3n) is 2.27. The van der Waals surface area contributed by atoms with Crippen molar-refractivity contribution in [3.8, 4) is 0 Å². The second-order valence-corrected chi connectivity index (χ2v) is 4.47. The molecule has 1 aliphatic heterocycles. The Morgan fingerprint density at radius 1 is 1.36 bits per heavy atom. The van der Waals surface area contributed by atoms with Crippen LogP contribution in [0.5, 0.6) is 0 Å². The molecule has 4 heteroatoms. The van der Waals surface area contributed by atoms with Gasteiger partial charge in [-0.2, -0.15) is 0 Å². The number of halogens is 2. The zero-order valence-corrected chi connectivity index (χ0v) is 8.98. The van der Waals surface area contributed by atoms with Crippen molar-refractivity contribution in [2.75, 3.05) is 13.2 Å². The van der Waals surface area contributed by atoms with Crippen molar-refractivity contribution in [2.45, 2.75) is 12.0 Å². The highest BCUT2D eigenvalue weighted by molar-refractivity contribution is 6.33. The van der Waals surface area contributed by atoms with Gasteiger partial charge in [-0.25, -0.2) is 0 Å². The van der Waals surface area contributed by atoms with Crippen LogP contribution >= 0.6 is 23.2 Å². The highest BCUT2D eigenvalue weighted by Crippen LogP contribution is 2.28. The van der Waals surface area contributed by atoms with Gasteiger partial charge in [-0.3, -0.25) is 0 Å². The molecular weight excluding hydrogens is 223 g/mol. The molecule has 2 nitrogen and oxygen atoms in total. The van der Waals surface area contributed by atoms with Crippen LogP contribution in [0.2, 0.25) is 10.0 Å². The first-order chi connectivity index (χ1) is 6.59. The second kappa shape index (κ2) is 3.70. The molecule has 0 amide bonds. The molecule has 1 N–H and O–H groups in total. The van der Waals surface area contributed by atoms with E-state index in [1.54, 1.807) is 18.2 Å². The van der Waals surface area contributed by atoms with Gasteiger partial charge in [0.1, 0.15) is 5.60 Å². The highest BCUT2D eigenvalue weighted by atomic mass is 35.5. The van der Waals surface area contributed by atoms with Crippen LogP contribution in [0.4, 0.5) is 0 Å². The standard InChI is InChI=1S/C10H10Cl2O2/c11-8-1-2-9(12)7(3-8)4-10(13)5-14-6-10/h1-3,13H,4-6H2. The van der Waals surface area contributed by atoms with Crippen LogP contribution in [0.25, 0.3) is 0 Å². The number of rotatable bonds is 2. The summed E-state index contributed by atoms with van der Waals surface area (Å²) < 4.78 is 4.95. The summed E-state index contributed by atoms with van der Waals surface area (Å²) in [7, 11) is 0. The minimum atomic E-state index is -0.756. The van der Waals surface area contributed by atoms with Crippen molar-refractivity contribution in [3.63, 3.8) is 0 Å². The van der Waals surface area contributed by atoms with Gasteiger partial charge in [0.2, 0.25) is 0 Å². The van der Waals surface area contributed by atoms with E-state index >= 15 is 0 Å². The number of benzene rings is 1. The maximum atomic E-state index is 9.85. The summed E-state index contributed by atoms with van der Waals surface area (Å²) in [5.41, 5.74) is 0.110. The van der Waals surface area contributed by atoms with Crippen molar-refractivity contribution in [1.29, 1.82) is 0 Å². The highest BCUT2D eigenvalue weighted by Gasteiger charge is 2.36. The molecule has 0 radical (unpaired) electrons. The van der Waals surface area contributed by atoms with E-state index in [2.05, 4.69) is 0 Å². The fraction of sp³-hybridized carbons (Fsp3) is 0.400. The van der Waals surface area contributed by atoms with Gasteiger partial charge in [0.25, 0.3) is 0 Å². The molecule has 2 rings (SSSR count). The van der Waals surface area contributed by atoms with Crippen molar-refractivity contribution in [3.05, 3.63) is 33.8 Å². The Bertz CT molecular complexity index is 348. The topological polar surface area (TPSA) is 29.5 Å². The van der Waals surface area contributed by atoms with Crippen LogP contribution in [0.15, 0.2) is 18.2 Å². The van der Waals surface area contributed by atoms with E-state index in [0.717, 1.165) is 5.56 Å². The molecule has 1 aromatic carbocycles. The number of aliphatic hydroxyl groups is 1. The van der Waals surface area contributed by atoms with Crippen LogP contribution in [-0.4, -0.2) is 23.9 Å². The van der Waals surface area contributed by atoms with Gasteiger partial charge in [0, 0.05) is 16.5 Å². The minimum Gasteiger partial charge on any atom is -0.385 e. The molecule has 0 unspecified atom stereocenters. The van der Waals surface area contributed by atoms with E-state index in [1.807, 2.05) is 0 Å². The smallest absolute Gasteiger partial charge is 0.115 e. The van der Waals surface area contributed by atoms with Gasteiger partial charge in [0.15, 0.2) is 0 Å². The van der Waals surface area contributed by atoms with Gasteiger partial charge < -0.3 is 9.84 Å². The average Bonchev–Trinajstić information content (AvgIpc) is 2.09. The molecule has 1 fully saturated rings. The van der Waals surface area contributed by atoms with Crippen molar-refractivity contribution >= 4 is 23.2 Å². The Morgan fingerprint density at radius 2 is 2.07 bits per heavy atom. The molecule has 1 saturated heterocycles. The lowest BCUT2D eigenvalue weighted by Gasteiger charge is -2.36. The zero-order chi connectivity index (χ0) is 10.2. The van der Waals surface area contributed by atoms with E-state index in [-0.39, 0.29) is 0 Å². The van der Waals surface area contributed by atoms with Crippen LogP contribution < -0.4 is 0 Å². The summed E-state index contributed by atoms with van der Waals surface area (Å²) in [6.45, 7) is 0.742. The molecule has 1 heterocycles. The Balaban J connectivity index is 2.19. The Hall–Kier alpha value is -0.280. The van der Waals surface area contributed by atoms with Crippen molar-refractivity contribution < 1.29 is 9.84 Å². The minimum absolute atomic E-state index is 0.371. The third kappa shape index (κ3) is 2.04. The van der Waals surface area contributed by atoms with Crippen molar-refractivity contribution in [2.24, 2.45) is 0 Å². The molecule has 0 aliphatic carbocycles. The average molecular weight is 233 g/mol. The van der Waals surface area contributed by atoms with Gasteiger partial charge in [-0.05, 0) is 23.8 Å². The lowest BCUT2D eigenvalue weighted by atomic mass is 9.93. The first-order valence-electron chi connectivity index (χ1n) is 4.33. The summed E-state index contributed by atoms with van der Waals surface area (Å²) in [6.07, 6.45) is 0.492. The van der Waals surface area contributed by atoms with E-state index < -0.39 is 5.60 Å². The lowest BCUT2D eigenvalue weighted by Crippen LogP contribution is -2.51. The lowest BCUT2D eigenvalue weighted by molar-refractivity contribution is -0.176. The second-order valence-electron chi connectivity index (χ2n) is 3.63. The van der Waals surface area contributed by atoms with Crippen LogP contribution in [0.1, 0.15) is 5.56 Å². The number of hydrogen-bond acceptors (Lipinski definition) is 2. The normalized spacial score (nSPS) is 19.1. The fourth-order valence-corrected chi connectivity index (χ4v) is 1.85. The van der Waals surface area contributed by atoms with Gasteiger partial charge in [-0.15, -0.1) is 0 Å². The largest absolute Gasteiger partial charge is 0.385 e. The molecule has 0 saturated carbocycles. The maximum Gasteiger partial charge on any atom is 0.115 e. The first-order valence-corrected chi connectivity index (χ1v) is 5.09. The van der Waals surface area contributed by atoms with Crippen LogP contribution in [-0.2, 0) is 11.2 Å². The Labute approximate surface area is 92.4 Å². The number of ether oxygens (including phenoxy) is 1. The molecule has 0 aromatic heterocycles. The zero-order valence-electron chi connectivity index (χ0n) is 7.46. The van der Waals surface area contributed by atoms with Crippen molar-refractivity contribution in [1.82, 2.24) is 0 Å². The summed E-state index contributed by atoms with van der Waals surface area (Å²) in [4.78, 5) is 0. The maximum absolute atomic E-state index is 9.85. The first kappa shape index (κ1) is 10.2. The SMILES string of the molecule is OC1(Cc2cc(Cl)ccc2Cl)COC1. The summed E-state index contributed by atoms with van der Waals surface area (Å²) in [5.74, 6) is 0. The van der Waals surface area contributed by atoms with E-state index in [4.69, 9.17) is 27.9 Å². The molecule has 0 bridgehead atoms. The summed E-state index contributed by atoms with van der Waals surface area (Å²) in [5, 5.41) is 11.1. The Morgan fingerprint density at radius 3 is 2.64 bits per heavy atom. The Kier molecular flexibility index (Phi) is 2.71. The molecule has 0 spiro atoms. The van der Waals surface area contributed by atoms with Gasteiger partial charge in [0.05, 0.1) is 13.2 Å². The summed E-state index contributed by atoms with van der Waals surface area (Å²) >= 11 is 11.8. The van der Waals surface area contributed by atoms with E-state index in [1.165, 1.54) is 0 Å².